The Morgan fingerprint density at radius 3 is 2.25 bits per heavy atom. The minimum Gasteiger partial charge on any atom is -0.481 e. The molecule has 3 rings (SSSR count). The van der Waals surface area contributed by atoms with Crippen LogP contribution >= 0.6 is 0 Å². The Morgan fingerprint density at radius 1 is 1.04 bits per heavy atom. The Balaban J connectivity index is 1.93. The van der Waals surface area contributed by atoms with Gasteiger partial charge in [0.2, 0.25) is 0 Å². The van der Waals surface area contributed by atoms with Crippen LogP contribution in [0.25, 0.3) is 0 Å². The smallest absolute Gasteiger partial charge is 0.306 e. The maximum Gasteiger partial charge on any atom is 0.306 e. The zero-order valence-electron chi connectivity index (χ0n) is 13.2. The molecule has 1 unspecified atom stereocenters. The molecule has 1 atom stereocenters. The van der Waals surface area contributed by atoms with Crippen molar-refractivity contribution in [1.29, 1.82) is 0 Å². The molecule has 126 valence electrons. The first kappa shape index (κ1) is 16.6. The Labute approximate surface area is 139 Å². The van der Waals surface area contributed by atoms with E-state index in [9.17, 15) is 13.6 Å². The van der Waals surface area contributed by atoms with Crippen molar-refractivity contribution in [3.05, 3.63) is 71.3 Å². The van der Waals surface area contributed by atoms with E-state index in [1.54, 1.807) is 30.3 Å². The van der Waals surface area contributed by atoms with E-state index in [-0.39, 0.29) is 23.6 Å². The van der Waals surface area contributed by atoms with E-state index in [2.05, 4.69) is 4.90 Å². The average molecular weight is 331 g/mol. The SMILES string of the molecule is O=C(O)C1CCN(C(c2ccc(F)cc2)c2ccccc2F)CC1. The third-order valence-electron chi connectivity index (χ3n) is 4.63. The van der Waals surface area contributed by atoms with E-state index in [1.165, 1.54) is 18.2 Å². The molecule has 1 saturated heterocycles. The minimum atomic E-state index is -0.779. The van der Waals surface area contributed by atoms with Crippen molar-refractivity contribution in [3.63, 3.8) is 0 Å². The van der Waals surface area contributed by atoms with Gasteiger partial charge in [-0.25, -0.2) is 8.78 Å². The number of nitrogens with zero attached hydrogens (tertiary/aromatic N) is 1. The van der Waals surface area contributed by atoms with Gasteiger partial charge in [0, 0.05) is 5.56 Å². The summed E-state index contributed by atoms with van der Waals surface area (Å²) in [5.41, 5.74) is 1.33. The highest BCUT2D eigenvalue weighted by Crippen LogP contribution is 2.33. The van der Waals surface area contributed by atoms with Crippen LogP contribution in [0.15, 0.2) is 48.5 Å². The van der Waals surface area contributed by atoms with Crippen molar-refractivity contribution >= 4 is 5.97 Å². The predicted octanol–water partition coefficient (Wildman–Crippen LogP) is 3.85. The van der Waals surface area contributed by atoms with Gasteiger partial charge in [0.25, 0.3) is 0 Å². The Morgan fingerprint density at radius 2 is 1.67 bits per heavy atom. The van der Waals surface area contributed by atoms with Crippen molar-refractivity contribution in [2.45, 2.75) is 18.9 Å². The van der Waals surface area contributed by atoms with Crippen molar-refractivity contribution in [3.8, 4) is 0 Å². The number of halogens is 2. The van der Waals surface area contributed by atoms with Crippen LogP contribution in [0.3, 0.4) is 0 Å². The molecule has 5 heteroatoms. The molecule has 0 saturated carbocycles. The molecule has 0 aromatic heterocycles. The number of piperidine rings is 1. The Kier molecular flexibility index (Phi) is 4.90. The number of hydrogen-bond donors (Lipinski definition) is 1. The minimum absolute atomic E-state index is 0.313. The lowest BCUT2D eigenvalue weighted by Gasteiger charge is -2.37. The van der Waals surface area contributed by atoms with Crippen LogP contribution in [0, 0.1) is 17.6 Å². The summed E-state index contributed by atoms with van der Waals surface area (Å²) in [7, 11) is 0. The second kappa shape index (κ2) is 7.09. The van der Waals surface area contributed by atoms with E-state index in [1.807, 2.05) is 0 Å². The predicted molar refractivity (Wildman–Crippen MR) is 86.6 cm³/mol. The third-order valence-corrected chi connectivity index (χ3v) is 4.63. The lowest BCUT2D eigenvalue weighted by molar-refractivity contribution is -0.143. The van der Waals surface area contributed by atoms with Crippen molar-refractivity contribution in [2.24, 2.45) is 5.92 Å². The molecule has 0 aliphatic carbocycles. The van der Waals surface area contributed by atoms with Gasteiger partial charge in [0.1, 0.15) is 11.6 Å². The third kappa shape index (κ3) is 3.46. The van der Waals surface area contributed by atoms with E-state index in [4.69, 9.17) is 5.11 Å². The fraction of sp³-hybridized carbons (Fsp3) is 0.316. The average Bonchev–Trinajstić information content (AvgIpc) is 2.59. The molecule has 0 bridgehead atoms. The monoisotopic (exact) mass is 331 g/mol. The zero-order chi connectivity index (χ0) is 17.1. The number of carbonyl (C=O) groups is 1. The van der Waals surface area contributed by atoms with E-state index in [0.29, 0.717) is 31.5 Å². The topological polar surface area (TPSA) is 40.5 Å². The highest BCUT2D eigenvalue weighted by molar-refractivity contribution is 5.70. The quantitative estimate of drug-likeness (QED) is 0.925. The number of aliphatic carboxylic acids is 1. The summed E-state index contributed by atoms with van der Waals surface area (Å²) >= 11 is 0. The standard InChI is InChI=1S/C19H19F2NO2/c20-15-7-5-13(6-8-15)18(16-3-1-2-4-17(16)21)22-11-9-14(10-12-22)19(23)24/h1-8,14,18H,9-12H2,(H,23,24). The number of rotatable bonds is 4. The molecule has 0 amide bonds. The number of carboxylic acid groups (broad SMARTS) is 1. The number of likely N-dealkylation sites (tertiary alicyclic amines) is 1. The summed E-state index contributed by atoms with van der Waals surface area (Å²) in [6.45, 7) is 1.13. The maximum absolute atomic E-state index is 14.4. The van der Waals surface area contributed by atoms with Gasteiger partial charge in [0.05, 0.1) is 12.0 Å². The molecule has 1 heterocycles. The zero-order valence-corrected chi connectivity index (χ0v) is 13.2. The summed E-state index contributed by atoms with van der Waals surface area (Å²) in [5, 5.41) is 9.15. The van der Waals surface area contributed by atoms with E-state index >= 15 is 0 Å². The Hall–Kier alpha value is -2.27. The van der Waals surface area contributed by atoms with Crippen LogP contribution in [0.2, 0.25) is 0 Å². The summed E-state index contributed by atoms with van der Waals surface area (Å²) in [4.78, 5) is 13.2. The van der Waals surface area contributed by atoms with Crippen LogP contribution in [0.5, 0.6) is 0 Å². The summed E-state index contributed by atoms with van der Waals surface area (Å²) in [5.74, 6) is -1.78. The molecule has 1 aliphatic heterocycles. The number of hydrogen-bond acceptors (Lipinski definition) is 2. The largest absolute Gasteiger partial charge is 0.481 e. The molecule has 0 radical (unpaired) electrons. The summed E-state index contributed by atoms with van der Waals surface area (Å²) in [6.07, 6.45) is 1.06. The highest BCUT2D eigenvalue weighted by atomic mass is 19.1. The molecule has 0 spiro atoms. The summed E-state index contributed by atoms with van der Waals surface area (Å²) in [6, 6.07) is 12.3. The first-order valence-corrected chi connectivity index (χ1v) is 8.03. The molecule has 1 N–H and O–H groups in total. The van der Waals surface area contributed by atoms with Crippen LogP contribution in [-0.4, -0.2) is 29.1 Å². The lowest BCUT2D eigenvalue weighted by Crippen LogP contribution is -2.39. The van der Waals surface area contributed by atoms with Crippen LogP contribution in [-0.2, 0) is 4.79 Å². The molecule has 1 fully saturated rings. The molecule has 3 nitrogen and oxygen atoms in total. The normalized spacial score (nSPS) is 17.6. The van der Waals surface area contributed by atoms with Crippen LogP contribution in [0.1, 0.15) is 30.0 Å². The molecule has 2 aromatic carbocycles. The van der Waals surface area contributed by atoms with Crippen molar-refractivity contribution in [1.82, 2.24) is 4.90 Å². The van der Waals surface area contributed by atoms with Gasteiger partial charge in [-0.05, 0) is 49.7 Å². The van der Waals surface area contributed by atoms with Crippen LogP contribution in [0.4, 0.5) is 8.78 Å². The maximum atomic E-state index is 14.4. The fourth-order valence-corrected chi connectivity index (χ4v) is 3.33. The highest BCUT2D eigenvalue weighted by Gasteiger charge is 2.31. The first-order chi connectivity index (χ1) is 11.6. The summed E-state index contributed by atoms with van der Waals surface area (Å²) < 4.78 is 27.6. The number of carboxylic acids is 1. The first-order valence-electron chi connectivity index (χ1n) is 8.03. The molecule has 1 aliphatic rings. The van der Waals surface area contributed by atoms with E-state index in [0.717, 1.165) is 5.56 Å². The molecular formula is C19H19F2NO2. The van der Waals surface area contributed by atoms with Gasteiger partial charge in [-0.3, -0.25) is 9.69 Å². The lowest BCUT2D eigenvalue weighted by atomic mass is 9.91. The second-order valence-electron chi connectivity index (χ2n) is 6.12. The second-order valence-corrected chi connectivity index (χ2v) is 6.12. The fourth-order valence-electron chi connectivity index (χ4n) is 3.33. The van der Waals surface area contributed by atoms with E-state index < -0.39 is 5.97 Å². The van der Waals surface area contributed by atoms with Gasteiger partial charge < -0.3 is 5.11 Å². The Bertz CT molecular complexity index is 710. The molecule has 24 heavy (non-hydrogen) atoms. The van der Waals surface area contributed by atoms with Crippen molar-refractivity contribution in [2.75, 3.05) is 13.1 Å². The van der Waals surface area contributed by atoms with Gasteiger partial charge in [0.15, 0.2) is 0 Å². The van der Waals surface area contributed by atoms with Crippen molar-refractivity contribution < 1.29 is 18.7 Å². The molecule has 2 aromatic rings. The number of benzene rings is 2. The van der Waals surface area contributed by atoms with Gasteiger partial charge in [-0.1, -0.05) is 30.3 Å². The van der Waals surface area contributed by atoms with Crippen LogP contribution < -0.4 is 0 Å². The van der Waals surface area contributed by atoms with Gasteiger partial charge >= 0.3 is 5.97 Å². The molecular weight excluding hydrogens is 312 g/mol. The van der Waals surface area contributed by atoms with Gasteiger partial charge in [-0.2, -0.15) is 0 Å². The van der Waals surface area contributed by atoms with Gasteiger partial charge in [-0.15, -0.1) is 0 Å².